The Balaban J connectivity index is 1.51. The molecule has 146 valence electrons. The van der Waals surface area contributed by atoms with Gasteiger partial charge in [-0.3, -0.25) is 9.55 Å². The largest absolute Gasteiger partial charge is 0.493 e. The van der Waals surface area contributed by atoms with Crippen LogP contribution in [0.5, 0.6) is 5.75 Å². The lowest BCUT2D eigenvalue weighted by Crippen LogP contribution is -2.03. The predicted molar refractivity (Wildman–Crippen MR) is 117 cm³/mol. The van der Waals surface area contributed by atoms with Crippen molar-refractivity contribution >= 4 is 11.8 Å². The van der Waals surface area contributed by atoms with Gasteiger partial charge >= 0.3 is 0 Å². The SMILES string of the molecule is CCc1cccc(OCCSc2nnc(-c3ccncc3)n2-c2ccccc2)c1. The third-order valence-electron chi connectivity index (χ3n) is 4.48. The maximum Gasteiger partial charge on any atom is 0.196 e. The minimum absolute atomic E-state index is 0.601. The van der Waals surface area contributed by atoms with Crippen molar-refractivity contribution < 1.29 is 4.74 Å². The van der Waals surface area contributed by atoms with Crippen LogP contribution in [-0.4, -0.2) is 32.1 Å². The zero-order valence-corrected chi connectivity index (χ0v) is 17.0. The zero-order valence-electron chi connectivity index (χ0n) is 16.2. The molecule has 2 aromatic carbocycles. The van der Waals surface area contributed by atoms with Crippen molar-refractivity contribution in [1.82, 2.24) is 19.7 Å². The van der Waals surface area contributed by atoms with Crippen LogP contribution in [0.4, 0.5) is 0 Å². The third kappa shape index (κ3) is 4.66. The fourth-order valence-electron chi connectivity index (χ4n) is 3.01. The van der Waals surface area contributed by atoms with E-state index in [0.29, 0.717) is 6.61 Å². The van der Waals surface area contributed by atoms with Crippen molar-refractivity contribution in [2.45, 2.75) is 18.5 Å². The van der Waals surface area contributed by atoms with Crippen molar-refractivity contribution in [2.75, 3.05) is 12.4 Å². The molecule has 0 amide bonds. The standard InChI is InChI=1S/C23H22N4OS/c1-2-18-7-6-10-21(17-18)28-15-16-29-23-26-25-22(19-11-13-24-14-12-19)27(23)20-8-4-3-5-9-20/h3-14,17H,2,15-16H2,1H3. The maximum absolute atomic E-state index is 5.92. The number of benzene rings is 2. The van der Waals surface area contributed by atoms with Crippen molar-refractivity contribution in [2.24, 2.45) is 0 Å². The number of hydrogen-bond acceptors (Lipinski definition) is 5. The molecule has 0 atom stereocenters. The maximum atomic E-state index is 5.92. The molecule has 0 N–H and O–H groups in total. The number of aryl methyl sites for hydroxylation is 1. The Hall–Kier alpha value is -3.12. The van der Waals surface area contributed by atoms with Crippen molar-refractivity contribution in [3.05, 3.63) is 84.7 Å². The molecule has 0 radical (unpaired) electrons. The molecule has 4 rings (SSSR count). The summed E-state index contributed by atoms with van der Waals surface area (Å²) in [5.41, 5.74) is 3.29. The van der Waals surface area contributed by atoms with E-state index in [2.05, 4.69) is 50.9 Å². The van der Waals surface area contributed by atoms with Gasteiger partial charge in [-0.15, -0.1) is 10.2 Å². The van der Waals surface area contributed by atoms with Crippen LogP contribution in [0.25, 0.3) is 17.1 Å². The molecule has 0 fully saturated rings. The number of pyridine rings is 1. The van der Waals surface area contributed by atoms with Crippen molar-refractivity contribution in [3.8, 4) is 22.8 Å². The normalized spacial score (nSPS) is 10.8. The topological polar surface area (TPSA) is 52.8 Å². The third-order valence-corrected chi connectivity index (χ3v) is 5.37. The molecule has 4 aromatic rings. The van der Waals surface area contributed by atoms with Gasteiger partial charge in [-0.05, 0) is 48.4 Å². The number of hydrogen-bond donors (Lipinski definition) is 0. The van der Waals surface area contributed by atoms with E-state index in [1.54, 1.807) is 24.2 Å². The summed E-state index contributed by atoms with van der Waals surface area (Å²) in [5, 5.41) is 9.73. The Labute approximate surface area is 174 Å². The first-order valence-corrected chi connectivity index (χ1v) is 10.6. The van der Waals surface area contributed by atoms with Gasteiger partial charge in [0.15, 0.2) is 11.0 Å². The highest BCUT2D eigenvalue weighted by molar-refractivity contribution is 7.99. The first-order chi connectivity index (χ1) is 14.3. The fraction of sp³-hybridized carbons (Fsp3) is 0.174. The van der Waals surface area contributed by atoms with Crippen LogP contribution in [0.15, 0.2) is 84.3 Å². The second-order valence-electron chi connectivity index (χ2n) is 6.41. The highest BCUT2D eigenvalue weighted by Crippen LogP contribution is 2.27. The van der Waals surface area contributed by atoms with Crippen molar-refractivity contribution in [3.63, 3.8) is 0 Å². The number of para-hydroxylation sites is 1. The van der Waals surface area contributed by atoms with Gasteiger partial charge in [0.1, 0.15) is 5.75 Å². The first kappa shape index (κ1) is 19.2. The monoisotopic (exact) mass is 402 g/mol. The first-order valence-electron chi connectivity index (χ1n) is 9.61. The Morgan fingerprint density at radius 1 is 0.931 bits per heavy atom. The lowest BCUT2D eigenvalue weighted by Gasteiger charge is -2.11. The Morgan fingerprint density at radius 3 is 2.55 bits per heavy atom. The van der Waals surface area contributed by atoms with Gasteiger partial charge < -0.3 is 4.74 Å². The molecule has 0 aliphatic heterocycles. The van der Waals surface area contributed by atoms with Crippen LogP contribution in [0.2, 0.25) is 0 Å². The van der Waals surface area contributed by atoms with E-state index in [1.165, 1.54) is 5.56 Å². The molecule has 5 nitrogen and oxygen atoms in total. The van der Waals surface area contributed by atoms with E-state index in [1.807, 2.05) is 42.5 Å². The summed E-state index contributed by atoms with van der Waals surface area (Å²) in [6.45, 7) is 2.75. The molecule has 2 aromatic heterocycles. The Bertz CT molecular complexity index is 1050. The summed E-state index contributed by atoms with van der Waals surface area (Å²) in [6.07, 6.45) is 4.54. The Morgan fingerprint density at radius 2 is 1.76 bits per heavy atom. The molecule has 0 aliphatic rings. The molecule has 6 heteroatoms. The molecule has 0 aliphatic carbocycles. The van der Waals surface area contributed by atoms with Crippen molar-refractivity contribution in [1.29, 1.82) is 0 Å². The Kier molecular flexibility index (Phi) is 6.22. The highest BCUT2D eigenvalue weighted by Gasteiger charge is 2.15. The van der Waals surface area contributed by atoms with Gasteiger partial charge in [-0.1, -0.05) is 49.0 Å². The molecule has 29 heavy (non-hydrogen) atoms. The summed E-state index contributed by atoms with van der Waals surface area (Å²) in [5.74, 6) is 2.49. The van der Waals surface area contributed by atoms with Crippen LogP contribution in [0.1, 0.15) is 12.5 Å². The van der Waals surface area contributed by atoms with Gasteiger partial charge in [0, 0.05) is 29.4 Å². The number of ether oxygens (including phenoxy) is 1. The average Bonchev–Trinajstić information content (AvgIpc) is 3.22. The molecule has 0 bridgehead atoms. The minimum Gasteiger partial charge on any atom is -0.493 e. The summed E-state index contributed by atoms with van der Waals surface area (Å²) in [6, 6.07) is 22.3. The summed E-state index contributed by atoms with van der Waals surface area (Å²) in [7, 11) is 0. The van der Waals surface area contributed by atoms with E-state index >= 15 is 0 Å². The molecule has 0 spiro atoms. The highest BCUT2D eigenvalue weighted by atomic mass is 32.2. The van der Waals surface area contributed by atoms with Gasteiger partial charge in [-0.2, -0.15) is 0 Å². The fourth-order valence-corrected chi connectivity index (χ4v) is 3.78. The van der Waals surface area contributed by atoms with E-state index < -0.39 is 0 Å². The predicted octanol–water partition coefficient (Wildman–Crippen LogP) is 5.06. The van der Waals surface area contributed by atoms with Gasteiger partial charge in [0.25, 0.3) is 0 Å². The molecule has 0 saturated carbocycles. The molecule has 2 heterocycles. The number of rotatable bonds is 8. The van der Waals surface area contributed by atoms with Gasteiger partial charge in [-0.25, -0.2) is 0 Å². The second-order valence-corrected chi connectivity index (χ2v) is 7.47. The zero-order chi connectivity index (χ0) is 19.9. The average molecular weight is 403 g/mol. The van der Waals surface area contributed by atoms with Crippen LogP contribution in [0, 0.1) is 0 Å². The van der Waals surface area contributed by atoms with E-state index in [0.717, 1.165) is 40.2 Å². The number of thioether (sulfide) groups is 1. The lowest BCUT2D eigenvalue weighted by atomic mass is 10.2. The van der Waals surface area contributed by atoms with Crippen LogP contribution in [0.3, 0.4) is 0 Å². The van der Waals surface area contributed by atoms with E-state index in [-0.39, 0.29) is 0 Å². The summed E-state index contributed by atoms with van der Waals surface area (Å²) in [4.78, 5) is 4.10. The quantitative estimate of drug-likeness (QED) is 0.304. The molecular formula is C23H22N4OS. The second kappa shape index (κ2) is 9.39. The number of aromatic nitrogens is 4. The molecular weight excluding hydrogens is 380 g/mol. The van der Waals surface area contributed by atoms with Crippen LogP contribution < -0.4 is 4.74 Å². The van der Waals surface area contributed by atoms with E-state index in [9.17, 15) is 0 Å². The number of nitrogens with zero attached hydrogens (tertiary/aromatic N) is 4. The minimum atomic E-state index is 0.601. The van der Waals surface area contributed by atoms with Gasteiger partial charge in [0.2, 0.25) is 0 Å². The van der Waals surface area contributed by atoms with Crippen LogP contribution >= 0.6 is 11.8 Å². The smallest absolute Gasteiger partial charge is 0.196 e. The van der Waals surface area contributed by atoms with E-state index in [4.69, 9.17) is 4.74 Å². The molecule has 0 saturated heterocycles. The summed E-state index contributed by atoms with van der Waals surface area (Å²) >= 11 is 1.64. The molecule has 0 unspecified atom stereocenters. The van der Waals surface area contributed by atoms with Crippen LogP contribution in [-0.2, 0) is 6.42 Å². The summed E-state index contributed by atoms with van der Waals surface area (Å²) < 4.78 is 8.00. The van der Waals surface area contributed by atoms with Gasteiger partial charge in [0.05, 0.1) is 6.61 Å². The lowest BCUT2D eigenvalue weighted by molar-refractivity contribution is 0.343.